The number of carboxylic acids is 1. The lowest BCUT2D eigenvalue weighted by molar-refractivity contribution is -0.192. The number of alkyl halides is 5. The summed E-state index contributed by atoms with van der Waals surface area (Å²) >= 11 is 0. The Morgan fingerprint density at radius 1 is 1.06 bits per heavy atom. The zero-order chi connectivity index (χ0) is 39.0. The van der Waals surface area contributed by atoms with Gasteiger partial charge in [-0.2, -0.15) is 23.1 Å². The Hall–Kier alpha value is -4.44. The summed E-state index contributed by atoms with van der Waals surface area (Å²) in [6, 6.07) is 8.90. The van der Waals surface area contributed by atoms with E-state index >= 15 is 4.39 Å². The van der Waals surface area contributed by atoms with Gasteiger partial charge in [0.2, 0.25) is 6.43 Å². The maximum atomic E-state index is 16.8. The number of phenolic OH excluding ortho intramolecular Hbond substituents is 1. The molecule has 6 rings (SSSR count). The van der Waals surface area contributed by atoms with Gasteiger partial charge in [-0.1, -0.05) is 26.0 Å². The predicted octanol–water partition coefficient (Wildman–Crippen LogP) is 7.58. The van der Waals surface area contributed by atoms with Gasteiger partial charge in [-0.25, -0.2) is 22.4 Å². The van der Waals surface area contributed by atoms with Gasteiger partial charge in [-0.3, -0.25) is 0 Å². The molecule has 0 amide bonds. The summed E-state index contributed by atoms with van der Waals surface area (Å²) in [6.07, 6.45) is -5.67. The zero-order valence-corrected chi connectivity index (χ0v) is 29.6. The number of nitrogens with zero attached hydrogens (tertiary/aromatic N) is 4. The van der Waals surface area contributed by atoms with E-state index in [1.807, 2.05) is 23.8 Å². The Labute approximate surface area is 301 Å². The van der Waals surface area contributed by atoms with Crippen molar-refractivity contribution in [2.75, 3.05) is 44.7 Å². The van der Waals surface area contributed by atoms with E-state index in [2.05, 4.69) is 9.97 Å². The SMILES string of the molecule is CCc1c(F)ccc2cc(O)cc(-c3ccc4c(N5CCC[C@@](C)(O)C5)nc(OC[C@]5(C)CN(C)CC[C@@H]5C(F)F)nc4c3F)c12.O=C(O)C(F)(F)F. The number of hydrogen-bond acceptors (Lipinski definition) is 8. The van der Waals surface area contributed by atoms with Gasteiger partial charge in [-0.15, -0.1) is 0 Å². The van der Waals surface area contributed by atoms with Gasteiger partial charge in [0.05, 0.1) is 12.2 Å². The lowest BCUT2D eigenvalue weighted by Crippen LogP contribution is -2.51. The fraction of sp³-hybridized carbons (Fsp3) is 0.486. The molecule has 2 saturated heterocycles. The van der Waals surface area contributed by atoms with E-state index in [0.29, 0.717) is 78.4 Å². The quantitative estimate of drug-likeness (QED) is 0.164. The third-order valence-electron chi connectivity index (χ3n) is 9.96. The highest BCUT2D eigenvalue weighted by atomic mass is 19.4. The van der Waals surface area contributed by atoms with Crippen LogP contribution >= 0.6 is 0 Å². The van der Waals surface area contributed by atoms with Crippen LogP contribution in [-0.4, -0.2) is 94.2 Å². The van der Waals surface area contributed by atoms with E-state index in [1.165, 1.54) is 18.2 Å². The molecule has 3 aromatic carbocycles. The zero-order valence-electron chi connectivity index (χ0n) is 29.6. The summed E-state index contributed by atoms with van der Waals surface area (Å²) in [5.74, 6) is -4.53. The fourth-order valence-electron chi connectivity index (χ4n) is 7.43. The van der Waals surface area contributed by atoms with Crippen molar-refractivity contribution in [2.24, 2.45) is 11.3 Å². The first-order valence-electron chi connectivity index (χ1n) is 17.1. The molecule has 3 atom stereocenters. The van der Waals surface area contributed by atoms with Crippen LogP contribution in [0, 0.1) is 23.0 Å². The minimum atomic E-state index is -5.08. The third-order valence-corrected chi connectivity index (χ3v) is 9.96. The number of carbonyl (C=O) groups is 1. The summed E-state index contributed by atoms with van der Waals surface area (Å²) in [4.78, 5) is 21.9. The van der Waals surface area contributed by atoms with Crippen LogP contribution in [0.1, 0.15) is 45.6 Å². The van der Waals surface area contributed by atoms with Crippen LogP contribution in [-0.2, 0) is 11.2 Å². The van der Waals surface area contributed by atoms with Gasteiger partial charge in [0.15, 0.2) is 5.82 Å². The molecule has 9 nitrogen and oxygen atoms in total. The number of fused-ring (bicyclic) bond motifs is 2. The number of ether oxygens (including phenoxy) is 1. The number of phenols is 1. The van der Waals surface area contributed by atoms with E-state index < -0.39 is 47.1 Å². The monoisotopic (exact) mass is 754 g/mol. The van der Waals surface area contributed by atoms with Gasteiger partial charge < -0.3 is 29.9 Å². The molecule has 4 aromatic rings. The molecule has 1 aromatic heterocycles. The standard InChI is InChI=1S/C35H40F4N4O3.C2HF3O2/c1-5-22-27(36)10-7-20-15-21(44)16-25(28(20)22)23-8-9-24-30(29(23)37)40-33(41-32(24)43-13-6-12-35(3,45)18-43)46-19-34(2)17-42(4)14-11-26(34)31(38)39;3-2(4,5)1(6)7/h7-10,15-16,26,31,44-45H,5-6,11-14,17-19H2,1-4H3;(H,6,7)/t26-,34+,35-;/m1./s1. The van der Waals surface area contributed by atoms with Crippen LogP contribution in [0.4, 0.5) is 36.6 Å². The molecule has 16 heteroatoms. The topological polar surface area (TPSA) is 119 Å². The van der Waals surface area contributed by atoms with E-state index in [0.717, 1.165) is 0 Å². The summed E-state index contributed by atoms with van der Waals surface area (Å²) in [7, 11) is 1.88. The second kappa shape index (κ2) is 15.1. The molecule has 2 aliphatic heterocycles. The molecule has 0 unspecified atom stereocenters. The lowest BCUT2D eigenvalue weighted by atomic mass is 9.73. The lowest BCUT2D eigenvalue weighted by Gasteiger charge is -2.44. The van der Waals surface area contributed by atoms with Crippen LogP contribution in [0.2, 0.25) is 0 Å². The van der Waals surface area contributed by atoms with Crippen LogP contribution < -0.4 is 9.64 Å². The van der Waals surface area contributed by atoms with Gasteiger partial charge in [0.25, 0.3) is 0 Å². The third kappa shape index (κ3) is 8.53. The van der Waals surface area contributed by atoms with Crippen LogP contribution in [0.3, 0.4) is 0 Å². The number of aromatic hydroxyl groups is 1. The number of aromatic nitrogens is 2. The summed E-state index contributed by atoms with van der Waals surface area (Å²) in [6.45, 7) is 6.94. The van der Waals surface area contributed by atoms with Crippen molar-refractivity contribution in [2.45, 2.75) is 64.7 Å². The Morgan fingerprint density at radius 2 is 1.75 bits per heavy atom. The highest BCUT2D eigenvalue weighted by molar-refractivity contribution is 6.03. The van der Waals surface area contributed by atoms with Crippen molar-refractivity contribution < 1.29 is 55.6 Å². The van der Waals surface area contributed by atoms with E-state index in [9.17, 15) is 36.6 Å². The van der Waals surface area contributed by atoms with E-state index in [4.69, 9.17) is 14.6 Å². The largest absolute Gasteiger partial charge is 0.508 e. The number of halogens is 7. The molecular formula is C37H41F7N4O5. The number of benzene rings is 3. The molecule has 0 aliphatic carbocycles. The number of β-amino-alcohol motifs (C(OH)–C–C–N with tert-alkyl or cyclic N) is 1. The number of anilines is 1. The maximum Gasteiger partial charge on any atom is 0.490 e. The van der Waals surface area contributed by atoms with Crippen LogP contribution in [0.15, 0.2) is 36.4 Å². The first-order valence-corrected chi connectivity index (χ1v) is 17.1. The maximum absolute atomic E-state index is 16.8. The van der Waals surface area contributed by atoms with Crippen molar-refractivity contribution in [1.29, 1.82) is 0 Å². The second-order valence-corrected chi connectivity index (χ2v) is 14.4. The number of rotatable bonds is 7. The molecule has 0 saturated carbocycles. The average molecular weight is 755 g/mol. The molecule has 2 aliphatic rings. The van der Waals surface area contributed by atoms with Crippen molar-refractivity contribution in [3.05, 3.63) is 53.6 Å². The number of aliphatic carboxylic acids is 1. The van der Waals surface area contributed by atoms with Crippen LogP contribution in [0.5, 0.6) is 11.8 Å². The Kier molecular flexibility index (Phi) is 11.3. The van der Waals surface area contributed by atoms with Gasteiger partial charge in [0.1, 0.15) is 22.9 Å². The molecule has 3 heterocycles. The molecular weight excluding hydrogens is 713 g/mol. The van der Waals surface area contributed by atoms with Gasteiger partial charge >= 0.3 is 18.2 Å². The molecule has 0 spiro atoms. The molecule has 288 valence electrons. The number of piperidine rings is 2. The minimum absolute atomic E-state index is 0.0648. The number of hydrogen-bond donors (Lipinski definition) is 3. The summed E-state index contributed by atoms with van der Waals surface area (Å²) < 4.78 is 97.8. The normalized spacial score (nSPS) is 22.6. The van der Waals surface area contributed by atoms with E-state index in [-0.39, 0.29) is 36.0 Å². The van der Waals surface area contributed by atoms with Crippen molar-refractivity contribution in [3.8, 4) is 22.9 Å². The van der Waals surface area contributed by atoms with Crippen LogP contribution in [0.25, 0.3) is 32.8 Å². The smallest absolute Gasteiger partial charge is 0.490 e. The first-order chi connectivity index (χ1) is 24.7. The Morgan fingerprint density at radius 3 is 2.38 bits per heavy atom. The molecule has 3 N–H and O–H groups in total. The van der Waals surface area contributed by atoms with E-state index in [1.54, 1.807) is 32.0 Å². The number of aliphatic hydroxyl groups is 1. The summed E-state index contributed by atoms with van der Waals surface area (Å²) in [5.41, 5.74) is -1.16. The Bertz CT molecular complexity index is 1990. The number of aryl methyl sites for hydroxylation is 1. The highest BCUT2D eigenvalue weighted by Gasteiger charge is 2.44. The first kappa shape index (κ1) is 39.8. The Balaban J connectivity index is 0.000000705. The highest BCUT2D eigenvalue weighted by Crippen LogP contribution is 2.42. The number of carboxylic acid groups (broad SMARTS) is 1. The molecule has 0 bridgehead atoms. The number of likely N-dealkylation sites (tertiary alicyclic amines) is 1. The molecule has 2 fully saturated rings. The van der Waals surface area contributed by atoms with Crippen molar-refractivity contribution in [1.82, 2.24) is 14.9 Å². The average Bonchev–Trinajstić information content (AvgIpc) is 3.06. The minimum Gasteiger partial charge on any atom is -0.508 e. The molecule has 0 radical (unpaired) electrons. The predicted molar refractivity (Wildman–Crippen MR) is 184 cm³/mol. The summed E-state index contributed by atoms with van der Waals surface area (Å²) in [5, 5.41) is 30.0. The van der Waals surface area contributed by atoms with Crippen molar-refractivity contribution >= 4 is 33.5 Å². The fourth-order valence-corrected chi connectivity index (χ4v) is 7.43. The van der Waals surface area contributed by atoms with Gasteiger partial charge in [0, 0.05) is 41.9 Å². The molecule has 53 heavy (non-hydrogen) atoms. The second-order valence-electron chi connectivity index (χ2n) is 14.4. The van der Waals surface area contributed by atoms with Crippen molar-refractivity contribution in [3.63, 3.8) is 0 Å². The van der Waals surface area contributed by atoms with Gasteiger partial charge in [-0.05, 0) is 92.4 Å².